The van der Waals surface area contributed by atoms with Gasteiger partial charge in [-0.2, -0.15) is 0 Å². The van der Waals surface area contributed by atoms with Crippen LogP contribution in [0.2, 0.25) is 0 Å². The molecule has 2 aromatic carbocycles. The average molecular weight is 322 g/mol. The molecule has 0 aliphatic heterocycles. The summed E-state index contributed by atoms with van der Waals surface area (Å²) in [5, 5.41) is 0. The number of benzene rings is 2. The van der Waals surface area contributed by atoms with Gasteiger partial charge in [-0.1, -0.05) is 50.3 Å². The summed E-state index contributed by atoms with van der Waals surface area (Å²) in [6.45, 7) is 0. The second-order valence-corrected chi connectivity index (χ2v) is 6.71. The van der Waals surface area contributed by atoms with Crippen molar-refractivity contribution in [2.24, 2.45) is 5.92 Å². The summed E-state index contributed by atoms with van der Waals surface area (Å²) >= 11 is 0. The summed E-state index contributed by atoms with van der Waals surface area (Å²) in [6.07, 6.45) is 7.57. The SMILES string of the molecule is O=c1[nH]c2cc(CC3CCCCC3)c(Oc3ccccc3)cc2[nH]1. The molecular weight excluding hydrogens is 300 g/mol. The molecule has 4 nitrogen and oxygen atoms in total. The molecule has 0 bridgehead atoms. The van der Waals surface area contributed by atoms with E-state index in [1.54, 1.807) is 0 Å². The molecule has 3 aromatic rings. The second-order valence-electron chi connectivity index (χ2n) is 6.71. The van der Waals surface area contributed by atoms with Gasteiger partial charge in [-0.15, -0.1) is 0 Å². The third kappa shape index (κ3) is 3.23. The number of fused-ring (bicyclic) bond motifs is 1. The lowest BCUT2D eigenvalue weighted by Gasteiger charge is -2.22. The lowest BCUT2D eigenvalue weighted by Crippen LogP contribution is -2.10. The van der Waals surface area contributed by atoms with Gasteiger partial charge in [0, 0.05) is 6.07 Å². The predicted octanol–water partition coefficient (Wildman–Crippen LogP) is 4.77. The van der Waals surface area contributed by atoms with Crippen molar-refractivity contribution < 1.29 is 4.74 Å². The van der Waals surface area contributed by atoms with Gasteiger partial charge in [0.1, 0.15) is 11.5 Å². The van der Waals surface area contributed by atoms with E-state index in [-0.39, 0.29) is 5.69 Å². The molecule has 0 spiro atoms. The first-order chi connectivity index (χ1) is 11.8. The van der Waals surface area contributed by atoms with Gasteiger partial charge in [0.05, 0.1) is 11.0 Å². The molecule has 124 valence electrons. The molecule has 1 fully saturated rings. The van der Waals surface area contributed by atoms with Crippen molar-refractivity contribution in [3.8, 4) is 11.5 Å². The van der Waals surface area contributed by atoms with Gasteiger partial charge in [-0.05, 0) is 36.1 Å². The molecule has 1 aliphatic rings. The zero-order valence-corrected chi connectivity index (χ0v) is 13.7. The fraction of sp³-hybridized carbons (Fsp3) is 0.350. The van der Waals surface area contributed by atoms with Gasteiger partial charge in [-0.25, -0.2) is 4.79 Å². The lowest BCUT2D eigenvalue weighted by molar-refractivity contribution is 0.352. The minimum absolute atomic E-state index is 0.175. The highest BCUT2D eigenvalue weighted by molar-refractivity contribution is 5.77. The van der Waals surface area contributed by atoms with Crippen molar-refractivity contribution in [1.29, 1.82) is 0 Å². The van der Waals surface area contributed by atoms with E-state index in [2.05, 4.69) is 16.0 Å². The number of nitrogens with one attached hydrogen (secondary N) is 2. The minimum Gasteiger partial charge on any atom is -0.457 e. The molecule has 0 amide bonds. The smallest absolute Gasteiger partial charge is 0.323 e. The van der Waals surface area contributed by atoms with E-state index in [1.807, 2.05) is 36.4 Å². The van der Waals surface area contributed by atoms with Gasteiger partial charge in [-0.3, -0.25) is 0 Å². The predicted molar refractivity (Wildman–Crippen MR) is 95.7 cm³/mol. The molecule has 1 saturated carbocycles. The Labute approximate surface area is 140 Å². The van der Waals surface area contributed by atoms with Crippen LogP contribution >= 0.6 is 0 Å². The maximum Gasteiger partial charge on any atom is 0.323 e. The number of hydrogen-bond acceptors (Lipinski definition) is 2. The molecule has 1 heterocycles. The summed E-state index contributed by atoms with van der Waals surface area (Å²) in [7, 11) is 0. The van der Waals surface area contributed by atoms with Crippen molar-refractivity contribution >= 4 is 11.0 Å². The van der Waals surface area contributed by atoms with Crippen molar-refractivity contribution in [3.63, 3.8) is 0 Å². The highest BCUT2D eigenvalue weighted by Gasteiger charge is 2.18. The number of aromatic nitrogens is 2. The number of aromatic amines is 2. The molecule has 4 rings (SSSR count). The van der Waals surface area contributed by atoms with Crippen molar-refractivity contribution in [2.75, 3.05) is 0 Å². The van der Waals surface area contributed by atoms with Gasteiger partial charge >= 0.3 is 5.69 Å². The average Bonchev–Trinajstić information content (AvgIpc) is 2.96. The van der Waals surface area contributed by atoms with Gasteiger partial charge in [0.25, 0.3) is 0 Å². The van der Waals surface area contributed by atoms with Crippen LogP contribution in [0.4, 0.5) is 0 Å². The molecule has 0 atom stereocenters. The van der Waals surface area contributed by atoms with E-state index in [4.69, 9.17) is 4.74 Å². The van der Waals surface area contributed by atoms with Crippen molar-refractivity contribution in [1.82, 2.24) is 9.97 Å². The van der Waals surface area contributed by atoms with Crippen LogP contribution in [0.1, 0.15) is 37.7 Å². The molecule has 2 N–H and O–H groups in total. The van der Waals surface area contributed by atoms with Crippen LogP contribution in [0, 0.1) is 5.92 Å². The third-order valence-electron chi connectivity index (χ3n) is 4.90. The van der Waals surface area contributed by atoms with E-state index >= 15 is 0 Å². The summed E-state index contributed by atoms with van der Waals surface area (Å²) in [5.41, 5.74) is 2.64. The number of imidazole rings is 1. The van der Waals surface area contributed by atoms with E-state index in [0.29, 0.717) is 5.92 Å². The number of para-hydroxylation sites is 1. The van der Waals surface area contributed by atoms with Crippen LogP contribution in [0.3, 0.4) is 0 Å². The van der Waals surface area contributed by atoms with E-state index in [0.717, 1.165) is 29.0 Å². The number of ether oxygens (including phenoxy) is 1. The van der Waals surface area contributed by atoms with Gasteiger partial charge in [0.2, 0.25) is 0 Å². The standard InChI is InChI=1S/C20H22N2O2/c23-20-21-17-12-15(11-14-7-3-1-4-8-14)19(13-18(17)22-20)24-16-9-5-2-6-10-16/h2,5-6,9-10,12-14H,1,3-4,7-8,11H2,(H2,21,22,23). The second kappa shape index (κ2) is 6.56. The number of H-pyrrole nitrogens is 2. The normalized spacial score (nSPS) is 15.7. The first-order valence-electron chi connectivity index (χ1n) is 8.76. The van der Waals surface area contributed by atoms with Gasteiger partial charge < -0.3 is 14.7 Å². The summed E-state index contributed by atoms with van der Waals surface area (Å²) in [5.74, 6) is 2.37. The van der Waals surface area contributed by atoms with Crippen LogP contribution in [0.25, 0.3) is 11.0 Å². The Balaban J connectivity index is 1.70. The zero-order chi connectivity index (χ0) is 16.4. The summed E-state index contributed by atoms with van der Waals surface area (Å²) in [4.78, 5) is 17.3. The van der Waals surface area contributed by atoms with Crippen LogP contribution in [-0.4, -0.2) is 9.97 Å². The quantitative estimate of drug-likeness (QED) is 0.727. The van der Waals surface area contributed by atoms with E-state index < -0.39 is 0 Å². The zero-order valence-electron chi connectivity index (χ0n) is 13.7. The largest absolute Gasteiger partial charge is 0.457 e. The molecule has 0 saturated heterocycles. The Hall–Kier alpha value is -2.49. The highest BCUT2D eigenvalue weighted by atomic mass is 16.5. The maximum absolute atomic E-state index is 11.6. The molecule has 0 unspecified atom stereocenters. The monoisotopic (exact) mass is 322 g/mol. The lowest BCUT2D eigenvalue weighted by atomic mass is 9.84. The topological polar surface area (TPSA) is 57.9 Å². The first-order valence-corrected chi connectivity index (χ1v) is 8.76. The van der Waals surface area contributed by atoms with Crippen LogP contribution < -0.4 is 10.4 Å². The molecule has 24 heavy (non-hydrogen) atoms. The van der Waals surface area contributed by atoms with E-state index in [1.165, 1.54) is 37.7 Å². The van der Waals surface area contributed by atoms with E-state index in [9.17, 15) is 4.79 Å². The third-order valence-corrected chi connectivity index (χ3v) is 4.90. The molecule has 1 aromatic heterocycles. The molecule has 0 radical (unpaired) electrons. The Morgan fingerprint density at radius 1 is 0.958 bits per heavy atom. The van der Waals surface area contributed by atoms with Crippen LogP contribution in [0.5, 0.6) is 11.5 Å². The fourth-order valence-electron chi connectivity index (χ4n) is 3.68. The molecular formula is C20H22N2O2. The minimum atomic E-state index is -0.175. The highest BCUT2D eigenvalue weighted by Crippen LogP contribution is 2.34. The van der Waals surface area contributed by atoms with Crippen LogP contribution in [-0.2, 0) is 6.42 Å². The number of hydrogen-bond donors (Lipinski definition) is 2. The fourth-order valence-corrected chi connectivity index (χ4v) is 3.68. The summed E-state index contributed by atoms with van der Waals surface area (Å²) < 4.78 is 6.13. The van der Waals surface area contributed by atoms with Crippen LogP contribution in [0.15, 0.2) is 47.3 Å². The Morgan fingerprint density at radius 2 is 1.67 bits per heavy atom. The number of rotatable bonds is 4. The van der Waals surface area contributed by atoms with Crippen molar-refractivity contribution in [2.45, 2.75) is 38.5 Å². The van der Waals surface area contributed by atoms with Gasteiger partial charge in [0.15, 0.2) is 0 Å². The first kappa shape index (κ1) is 15.1. The summed E-state index contributed by atoms with van der Waals surface area (Å²) in [6, 6.07) is 13.8. The molecule has 4 heteroatoms. The Morgan fingerprint density at radius 3 is 2.42 bits per heavy atom. The maximum atomic E-state index is 11.6. The Bertz CT molecular complexity index is 874. The van der Waals surface area contributed by atoms with Crippen molar-refractivity contribution in [3.05, 3.63) is 58.5 Å². The molecule has 1 aliphatic carbocycles. The Kier molecular flexibility index (Phi) is 4.11.